The van der Waals surface area contributed by atoms with Gasteiger partial charge in [-0.15, -0.1) is 0 Å². The number of hydrogen-bond donors (Lipinski definition) is 2. The average Bonchev–Trinajstić information content (AvgIpc) is 2.56. The Morgan fingerprint density at radius 1 is 0.818 bits per heavy atom. The Bertz CT molecular complexity index is 626. The van der Waals surface area contributed by atoms with Crippen LogP contribution in [-0.4, -0.2) is 17.9 Å². The number of hydrogen-bond acceptors (Lipinski definition) is 2. The number of carbonyl (C=O) groups excluding carboxylic acids is 2. The number of rotatable bonds is 5. The van der Waals surface area contributed by atoms with Gasteiger partial charge in [0.25, 0.3) is 5.91 Å². The predicted octanol–water partition coefficient (Wildman–Crippen LogP) is 2.68. The first kappa shape index (κ1) is 15.8. The summed E-state index contributed by atoms with van der Waals surface area (Å²) in [6.45, 7) is 3.59. The Labute approximate surface area is 130 Å². The molecule has 2 aromatic rings. The lowest BCUT2D eigenvalue weighted by atomic mass is 10.1. The maximum absolute atomic E-state index is 12.2. The Morgan fingerprint density at radius 2 is 1.36 bits per heavy atom. The van der Waals surface area contributed by atoms with E-state index in [1.54, 1.807) is 31.2 Å². The molecule has 2 rings (SSSR count). The molecule has 4 nitrogen and oxygen atoms in total. The fraction of sp³-hybridized carbons (Fsp3) is 0.222. The first-order valence-corrected chi connectivity index (χ1v) is 7.29. The van der Waals surface area contributed by atoms with Gasteiger partial charge in [-0.2, -0.15) is 0 Å². The molecule has 4 heteroatoms. The normalized spacial score (nSPS) is 13.0. The molecule has 0 saturated carbocycles. The quantitative estimate of drug-likeness (QED) is 0.891. The molecule has 0 saturated heterocycles. The van der Waals surface area contributed by atoms with Crippen molar-refractivity contribution in [2.45, 2.75) is 25.9 Å². The molecular weight excluding hydrogens is 276 g/mol. The van der Waals surface area contributed by atoms with E-state index >= 15 is 0 Å². The molecule has 2 N–H and O–H groups in total. The predicted molar refractivity (Wildman–Crippen MR) is 86.4 cm³/mol. The molecule has 0 aliphatic carbocycles. The van der Waals surface area contributed by atoms with Crippen LogP contribution in [0.3, 0.4) is 0 Å². The van der Waals surface area contributed by atoms with Crippen LogP contribution in [0.25, 0.3) is 0 Å². The monoisotopic (exact) mass is 296 g/mol. The first-order valence-electron chi connectivity index (χ1n) is 7.29. The molecule has 0 aromatic heterocycles. The Morgan fingerprint density at radius 3 is 1.95 bits per heavy atom. The van der Waals surface area contributed by atoms with Gasteiger partial charge in [0.15, 0.2) is 0 Å². The second kappa shape index (κ2) is 7.41. The highest BCUT2D eigenvalue weighted by molar-refractivity contribution is 5.97. The van der Waals surface area contributed by atoms with E-state index in [2.05, 4.69) is 10.6 Å². The third kappa shape index (κ3) is 4.19. The summed E-state index contributed by atoms with van der Waals surface area (Å²) in [6.07, 6.45) is 0. The minimum atomic E-state index is -0.598. The summed E-state index contributed by atoms with van der Waals surface area (Å²) in [5.41, 5.74) is 1.57. The minimum absolute atomic E-state index is 0.107. The highest BCUT2D eigenvalue weighted by Gasteiger charge is 2.18. The van der Waals surface area contributed by atoms with Crippen molar-refractivity contribution in [2.75, 3.05) is 0 Å². The second-order valence-corrected chi connectivity index (χ2v) is 5.20. The van der Waals surface area contributed by atoms with Gasteiger partial charge in [0.05, 0.1) is 6.04 Å². The molecule has 2 aromatic carbocycles. The Hall–Kier alpha value is -2.62. The van der Waals surface area contributed by atoms with Crippen molar-refractivity contribution >= 4 is 11.8 Å². The van der Waals surface area contributed by atoms with Gasteiger partial charge >= 0.3 is 0 Å². The second-order valence-electron chi connectivity index (χ2n) is 5.20. The average molecular weight is 296 g/mol. The standard InChI is InChI=1S/C18H20N2O2/c1-13(15-9-5-3-6-10-15)19-17(21)14(2)20-18(22)16-11-7-4-8-12-16/h3-14H,1-2H3,(H,19,21)(H,20,22). The lowest BCUT2D eigenvalue weighted by Gasteiger charge is -2.19. The van der Waals surface area contributed by atoms with Gasteiger partial charge in [-0.05, 0) is 31.5 Å². The van der Waals surface area contributed by atoms with Crippen LogP contribution < -0.4 is 10.6 Å². The van der Waals surface area contributed by atoms with E-state index in [4.69, 9.17) is 0 Å². The molecule has 2 unspecified atom stereocenters. The van der Waals surface area contributed by atoms with E-state index < -0.39 is 6.04 Å². The Kier molecular flexibility index (Phi) is 5.31. The van der Waals surface area contributed by atoms with E-state index in [1.807, 2.05) is 43.3 Å². The van der Waals surface area contributed by atoms with E-state index in [0.29, 0.717) is 5.56 Å². The van der Waals surface area contributed by atoms with E-state index in [9.17, 15) is 9.59 Å². The summed E-state index contributed by atoms with van der Waals surface area (Å²) >= 11 is 0. The van der Waals surface area contributed by atoms with Crippen molar-refractivity contribution in [2.24, 2.45) is 0 Å². The van der Waals surface area contributed by atoms with E-state index in [0.717, 1.165) is 5.56 Å². The summed E-state index contributed by atoms with van der Waals surface area (Å²) < 4.78 is 0. The third-order valence-electron chi connectivity index (χ3n) is 3.44. The molecule has 2 amide bonds. The van der Waals surface area contributed by atoms with Crippen molar-refractivity contribution in [3.05, 3.63) is 71.8 Å². The molecule has 0 fully saturated rings. The summed E-state index contributed by atoms with van der Waals surface area (Å²) in [4.78, 5) is 24.2. The smallest absolute Gasteiger partial charge is 0.251 e. The molecule has 22 heavy (non-hydrogen) atoms. The van der Waals surface area contributed by atoms with Gasteiger partial charge in [-0.25, -0.2) is 0 Å². The largest absolute Gasteiger partial charge is 0.348 e. The van der Waals surface area contributed by atoms with Crippen LogP contribution in [0.15, 0.2) is 60.7 Å². The fourth-order valence-electron chi connectivity index (χ4n) is 2.10. The molecule has 0 bridgehead atoms. The van der Waals surface area contributed by atoms with Crippen LogP contribution in [0.4, 0.5) is 0 Å². The van der Waals surface area contributed by atoms with Crippen molar-refractivity contribution < 1.29 is 9.59 Å². The highest BCUT2D eigenvalue weighted by Crippen LogP contribution is 2.11. The van der Waals surface area contributed by atoms with Crippen LogP contribution in [0, 0.1) is 0 Å². The van der Waals surface area contributed by atoms with Gasteiger partial charge in [0.2, 0.25) is 5.91 Å². The van der Waals surface area contributed by atoms with Crippen LogP contribution in [0.2, 0.25) is 0 Å². The summed E-state index contributed by atoms with van der Waals surface area (Å²) in [5.74, 6) is -0.462. The van der Waals surface area contributed by atoms with Gasteiger partial charge in [-0.1, -0.05) is 48.5 Å². The SMILES string of the molecule is CC(NC(=O)c1ccccc1)C(=O)NC(C)c1ccccc1. The number of amides is 2. The zero-order valence-corrected chi connectivity index (χ0v) is 12.7. The lowest BCUT2D eigenvalue weighted by molar-refractivity contribution is -0.123. The number of carbonyl (C=O) groups is 2. The summed E-state index contributed by atoms with van der Waals surface area (Å²) in [7, 11) is 0. The van der Waals surface area contributed by atoms with Crippen molar-refractivity contribution in [1.82, 2.24) is 10.6 Å². The van der Waals surface area contributed by atoms with Gasteiger partial charge in [-0.3, -0.25) is 9.59 Å². The van der Waals surface area contributed by atoms with Gasteiger partial charge in [0.1, 0.15) is 6.04 Å². The Balaban J connectivity index is 1.91. The summed E-state index contributed by atoms with van der Waals surface area (Å²) in [5, 5.41) is 5.60. The van der Waals surface area contributed by atoms with Crippen molar-refractivity contribution in [3.8, 4) is 0 Å². The number of benzene rings is 2. The first-order chi connectivity index (χ1) is 10.6. The molecule has 0 aliphatic heterocycles. The molecular formula is C18H20N2O2. The highest BCUT2D eigenvalue weighted by atomic mass is 16.2. The van der Waals surface area contributed by atoms with Crippen LogP contribution >= 0.6 is 0 Å². The zero-order valence-electron chi connectivity index (χ0n) is 12.7. The third-order valence-corrected chi connectivity index (χ3v) is 3.44. The molecule has 114 valence electrons. The molecule has 0 spiro atoms. The van der Waals surface area contributed by atoms with E-state index in [1.165, 1.54) is 0 Å². The van der Waals surface area contributed by atoms with Crippen LogP contribution in [-0.2, 0) is 4.79 Å². The van der Waals surface area contributed by atoms with Crippen molar-refractivity contribution in [1.29, 1.82) is 0 Å². The fourth-order valence-corrected chi connectivity index (χ4v) is 2.10. The minimum Gasteiger partial charge on any atom is -0.348 e. The van der Waals surface area contributed by atoms with Gasteiger partial charge in [0, 0.05) is 5.56 Å². The molecule has 2 atom stereocenters. The maximum Gasteiger partial charge on any atom is 0.251 e. The van der Waals surface area contributed by atoms with Crippen molar-refractivity contribution in [3.63, 3.8) is 0 Å². The van der Waals surface area contributed by atoms with Gasteiger partial charge < -0.3 is 10.6 Å². The molecule has 0 aliphatic rings. The van der Waals surface area contributed by atoms with E-state index in [-0.39, 0.29) is 17.9 Å². The van der Waals surface area contributed by atoms with Crippen LogP contribution in [0.5, 0.6) is 0 Å². The maximum atomic E-state index is 12.2. The summed E-state index contributed by atoms with van der Waals surface area (Å²) in [6, 6.07) is 17.8. The molecule has 0 radical (unpaired) electrons. The lowest BCUT2D eigenvalue weighted by Crippen LogP contribution is -2.45. The zero-order chi connectivity index (χ0) is 15.9. The van der Waals surface area contributed by atoms with Crippen LogP contribution in [0.1, 0.15) is 35.8 Å². The number of nitrogens with one attached hydrogen (secondary N) is 2. The molecule has 0 heterocycles. The topological polar surface area (TPSA) is 58.2 Å².